The number of rotatable bonds is 2. The number of hydrogen-bond donors (Lipinski definition) is 0. The van der Waals surface area contributed by atoms with Crippen molar-refractivity contribution >= 4 is 11.6 Å². The predicted molar refractivity (Wildman–Crippen MR) is 71.5 cm³/mol. The first kappa shape index (κ1) is 12.8. The topological polar surface area (TPSA) is 22.0 Å². The van der Waals surface area contributed by atoms with E-state index < -0.39 is 5.82 Å². The minimum atomic E-state index is -0.423. The van der Waals surface area contributed by atoms with Crippen molar-refractivity contribution in [2.45, 2.75) is 20.4 Å². The van der Waals surface area contributed by atoms with Crippen LogP contribution in [0.5, 0.6) is 0 Å². The van der Waals surface area contributed by atoms with E-state index in [0.717, 1.165) is 0 Å². The van der Waals surface area contributed by atoms with Crippen molar-refractivity contribution in [1.82, 2.24) is 4.57 Å². The van der Waals surface area contributed by atoms with Crippen molar-refractivity contribution in [3.05, 3.63) is 57.1 Å². The van der Waals surface area contributed by atoms with Crippen LogP contribution in [0.25, 0.3) is 11.3 Å². The highest BCUT2D eigenvalue weighted by Gasteiger charge is 2.14. The molecule has 0 aliphatic rings. The molecule has 1 heterocycles. The Hall–Kier alpha value is -1.61. The van der Waals surface area contributed by atoms with Gasteiger partial charge in [-0.3, -0.25) is 4.79 Å². The molecule has 0 saturated heterocycles. The third-order valence-corrected chi connectivity index (χ3v) is 3.21. The van der Waals surface area contributed by atoms with Gasteiger partial charge in [0.1, 0.15) is 5.82 Å². The predicted octanol–water partition coefficient (Wildman–Crippen LogP) is 3.64. The maximum Gasteiger partial charge on any atom is 0.253 e. The molecule has 2 nitrogen and oxygen atoms in total. The summed E-state index contributed by atoms with van der Waals surface area (Å²) < 4.78 is 15.4. The Kier molecular flexibility index (Phi) is 3.53. The van der Waals surface area contributed by atoms with Crippen LogP contribution in [0.2, 0.25) is 5.02 Å². The first-order valence-electron chi connectivity index (χ1n) is 5.71. The van der Waals surface area contributed by atoms with Gasteiger partial charge in [-0.2, -0.15) is 0 Å². The van der Waals surface area contributed by atoms with E-state index in [9.17, 15) is 9.18 Å². The zero-order chi connectivity index (χ0) is 13.3. The maximum absolute atomic E-state index is 13.9. The minimum Gasteiger partial charge on any atom is -0.308 e. The second kappa shape index (κ2) is 4.94. The first-order chi connectivity index (χ1) is 8.56. The van der Waals surface area contributed by atoms with Crippen molar-refractivity contribution in [2.24, 2.45) is 0 Å². The van der Waals surface area contributed by atoms with Gasteiger partial charge >= 0.3 is 0 Å². The molecule has 0 aliphatic carbocycles. The smallest absolute Gasteiger partial charge is 0.253 e. The van der Waals surface area contributed by atoms with Crippen LogP contribution in [0, 0.1) is 12.7 Å². The minimum absolute atomic E-state index is 0.116. The Morgan fingerprint density at radius 1 is 1.28 bits per heavy atom. The van der Waals surface area contributed by atoms with Gasteiger partial charge in [0.15, 0.2) is 0 Å². The summed E-state index contributed by atoms with van der Waals surface area (Å²) in [7, 11) is 0. The molecule has 4 heteroatoms. The van der Waals surface area contributed by atoms with Crippen LogP contribution in [0.3, 0.4) is 0 Å². The van der Waals surface area contributed by atoms with Gasteiger partial charge in [0.25, 0.3) is 5.56 Å². The van der Waals surface area contributed by atoms with Gasteiger partial charge in [0, 0.05) is 12.1 Å². The third kappa shape index (κ3) is 2.06. The first-order valence-corrected chi connectivity index (χ1v) is 6.09. The lowest BCUT2D eigenvalue weighted by Gasteiger charge is -2.13. The second-order valence-corrected chi connectivity index (χ2v) is 4.45. The highest BCUT2D eigenvalue weighted by Crippen LogP contribution is 2.29. The molecule has 94 valence electrons. The van der Waals surface area contributed by atoms with Crippen molar-refractivity contribution in [3.8, 4) is 11.3 Å². The van der Waals surface area contributed by atoms with Gasteiger partial charge in [0.05, 0.1) is 16.3 Å². The zero-order valence-electron chi connectivity index (χ0n) is 10.2. The number of hydrogen-bond acceptors (Lipinski definition) is 1. The zero-order valence-corrected chi connectivity index (χ0v) is 11.0. The van der Waals surface area contributed by atoms with E-state index in [1.807, 2.05) is 6.92 Å². The molecule has 0 spiro atoms. The van der Waals surface area contributed by atoms with Crippen LogP contribution >= 0.6 is 11.6 Å². The molecule has 1 aromatic carbocycles. The number of pyridine rings is 1. The Labute approximate surface area is 110 Å². The quantitative estimate of drug-likeness (QED) is 0.813. The standard InChI is InChI=1S/C14H13ClFNO/c1-3-17-12(8-7-9(2)14(17)18)13-10(15)5-4-6-11(13)16/h4-8H,3H2,1-2H3. The average molecular weight is 266 g/mol. The van der Waals surface area contributed by atoms with E-state index >= 15 is 0 Å². The van der Waals surface area contributed by atoms with Crippen molar-refractivity contribution in [1.29, 1.82) is 0 Å². The number of nitrogens with zero attached hydrogens (tertiary/aromatic N) is 1. The molecule has 0 atom stereocenters. The molecular weight excluding hydrogens is 253 g/mol. The van der Waals surface area contributed by atoms with Gasteiger partial charge in [-0.05, 0) is 32.0 Å². The van der Waals surface area contributed by atoms with E-state index in [4.69, 9.17) is 11.6 Å². The lowest BCUT2D eigenvalue weighted by atomic mass is 10.1. The molecule has 18 heavy (non-hydrogen) atoms. The second-order valence-electron chi connectivity index (χ2n) is 4.05. The SMILES string of the molecule is CCn1c(-c2c(F)cccc2Cl)ccc(C)c1=O. The summed E-state index contributed by atoms with van der Waals surface area (Å²) in [5.74, 6) is -0.423. The Bertz CT molecular complexity index is 628. The lowest BCUT2D eigenvalue weighted by Crippen LogP contribution is -2.23. The molecular formula is C14H13ClFNO. The van der Waals surface area contributed by atoms with Crippen LogP contribution in [0.15, 0.2) is 35.1 Å². The fraction of sp³-hybridized carbons (Fsp3) is 0.214. The Morgan fingerprint density at radius 3 is 2.61 bits per heavy atom. The lowest BCUT2D eigenvalue weighted by molar-refractivity contribution is 0.626. The van der Waals surface area contributed by atoms with Crippen LogP contribution in [-0.2, 0) is 6.54 Å². The molecule has 0 amide bonds. The monoisotopic (exact) mass is 265 g/mol. The van der Waals surface area contributed by atoms with Crippen LogP contribution in [0.4, 0.5) is 4.39 Å². The summed E-state index contributed by atoms with van der Waals surface area (Å²) in [6.07, 6.45) is 0. The summed E-state index contributed by atoms with van der Waals surface area (Å²) in [6.45, 7) is 4.06. The van der Waals surface area contributed by atoms with E-state index in [1.165, 1.54) is 10.6 Å². The molecule has 2 rings (SSSR count). The maximum atomic E-state index is 13.9. The molecule has 0 radical (unpaired) electrons. The molecule has 0 saturated carbocycles. The fourth-order valence-corrected chi connectivity index (χ4v) is 2.22. The summed E-state index contributed by atoms with van der Waals surface area (Å²) in [4.78, 5) is 12.0. The molecule has 0 unspecified atom stereocenters. The van der Waals surface area contributed by atoms with Crippen molar-refractivity contribution in [3.63, 3.8) is 0 Å². The van der Waals surface area contributed by atoms with Gasteiger partial charge < -0.3 is 4.57 Å². The molecule has 0 bridgehead atoms. The summed E-state index contributed by atoms with van der Waals surface area (Å²) >= 11 is 6.03. The molecule has 0 aliphatic heterocycles. The summed E-state index contributed by atoms with van der Waals surface area (Å²) in [5.41, 5.74) is 1.30. The highest BCUT2D eigenvalue weighted by molar-refractivity contribution is 6.33. The van der Waals surface area contributed by atoms with Gasteiger partial charge in [-0.25, -0.2) is 4.39 Å². The van der Waals surface area contributed by atoms with Crippen molar-refractivity contribution < 1.29 is 4.39 Å². The van der Waals surface area contributed by atoms with Gasteiger partial charge in [-0.1, -0.05) is 23.7 Å². The average Bonchev–Trinajstić information content (AvgIpc) is 2.33. The van der Waals surface area contributed by atoms with Gasteiger partial charge in [-0.15, -0.1) is 0 Å². The third-order valence-electron chi connectivity index (χ3n) is 2.90. The largest absolute Gasteiger partial charge is 0.308 e. The molecule has 1 aromatic heterocycles. The number of aromatic nitrogens is 1. The highest BCUT2D eigenvalue weighted by atomic mass is 35.5. The Morgan fingerprint density at radius 2 is 2.00 bits per heavy atom. The number of aryl methyl sites for hydroxylation is 1. The molecule has 0 N–H and O–H groups in total. The van der Waals surface area contributed by atoms with E-state index in [-0.39, 0.29) is 11.1 Å². The molecule has 2 aromatic rings. The van der Waals surface area contributed by atoms with E-state index in [0.29, 0.717) is 22.8 Å². The van der Waals surface area contributed by atoms with Crippen LogP contribution in [-0.4, -0.2) is 4.57 Å². The van der Waals surface area contributed by atoms with E-state index in [1.54, 1.807) is 31.2 Å². The number of halogens is 2. The van der Waals surface area contributed by atoms with Crippen LogP contribution in [0.1, 0.15) is 12.5 Å². The Balaban J connectivity index is 2.80. The summed E-state index contributed by atoms with van der Waals surface area (Å²) in [5, 5.41) is 0.306. The summed E-state index contributed by atoms with van der Waals surface area (Å²) in [6, 6.07) is 7.91. The van der Waals surface area contributed by atoms with Gasteiger partial charge in [0.2, 0.25) is 0 Å². The number of benzene rings is 1. The van der Waals surface area contributed by atoms with Crippen LogP contribution < -0.4 is 5.56 Å². The fourth-order valence-electron chi connectivity index (χ4n) is 1.96. The van der Waals surface area contributed by atoms with E-state index in [2.05, 4.69) is 0 Å². The normalized spacial score (nSPS) is 10.7. The molecule has 0 fully saturated rings. The van der Waals surface area contributed by atoms with Crippen molar-refractivity contribution in [2.75, 3.05) is 0 Å².